The highest BCUT2D eigenvalue weighted by atomic mass is 32.1. The number of hydrogen-bond donors (Lipinski definition) is 0. The molecular formula is C21H22N2O4S. The van der Waals surface area contributed by atoms with Crippen molar-refractivity contribution in [2.75, 3.05) is 21.3 Å². The van der Waals surface area contributed by atoms with Gasteiger partial charge in [0.05, 0.1) is 33.6 Å². The Kier molecular flexibility index (Phi) is 6.49. The molecule has 1 aromatic carbocycles. The van der Waals surface area contributed by atoms with Gasteiger partial charge in [-0.15, -0.1) is 0 Å². The first-order chi connectivity index (χ1) is 13.7. The number of carbonyl (C=O) groups excluding carboxylic acids is 1. The van der Waals surface area contributed by atoms with Crippen LogP contribution < -0.4 is 14.2 Å². The molecule has 0 unspecified atom stereocenters. The summed E-state index contributed by atoms with van der Waals surface area (Å²) in [5.74, 6) is 1.20. The molecule has 0 aliphatic rings. The van der Waals surface area contributed by atoms with E-state index in [-0.39, 0.29) is 5.91 Å². The van der Waals surface area contributed by atoms with E-state index in [0.29, 0.717) is 35.9 Å². The Morgan fingerprint density at radius 3 is 2.32 bits per heavy atom. The van der Waals surface area contributed by atoms with E-state index < -0.39 is 0 Å². The van der Waals surface area contributed by atoms with E-state index in [9.17, 15) is 4.79 Å². The fraction of sp³-hybridized carbons (Fsp3) is 0.238. The fourth-order valence-electron chi connectivity index (χ4n) is 2.88. The third-order valence-corrected chi connectivity index (χ3v) is 4.96. The lowest BCUT2D eigenvalue weighted by Gasteiger charge is -2.23. The summed E-state index contributed by atoms with van der Waals surface area (Å²) in [6.45, 7) is 0.877. The van der Waals surface area contributed by atoms with Crippen molar-refractivity contribution in [1.29, 1.82) is 0 Å². The molecule has 0 radical (unpaired) electrons. The number of nitrogens with zero attached hydrogens (tertiary/aromatic N) is 2. The number of amides is 1. The van der Waals surface area contributed by atoms with Crippen LogP contribution in [0.2, 0.25) is 0 Å². The number of pyridine rings is 1. The second kappa shape index (κ2) is 9.23. The lowest BCUT2D eigenvalue weighted by atomic mass is 10.1. The van der Waals surface area contributed by atoms with Crippen LogP contribution in [0.15, 0.2) is 53.4 Å². The molecule has 3 rings (SSSR count). The van der Waals surface area contributed by atoms with Crippen LogP contribution in [0, 0.1) is 0 Å². The topological polar surface area (TPSA) is 60.9 Å². The van der Waals surface area contributed by atoms with Crippen molar-refractivity contribution < 1.29 is 19.0 Å². The zero-order valence-electron chi connectivity index (χ0n) is 16.0. The second-order valence-electron chi connectivity index (χ2n) is 6.03. The minimum Gasteiger partial charge on any atom is -0.493 e. The average molecular weight is 398 g/mol. The molecule has 0 saturated heterocycles. The third kappa shape index (κ3) is 4.43. The first-order valence-electron chi connectivity index (χ1n) is 8.66. The monoisotopic (exact) mass is 398 g/mol. The summed E-state index contributed by atoms with van der Waals surface area (Å²) < 4.78 is 16.1. The molecule has 0 atom stereocenters. The van der Waals surface area contributed by atoms with E-state index in [0.717, 1.165) is 11.3 Å². The van der Waals surface area contributed by atoms with Gasteiger partial charge in [0.25, 0.3) is 5.91 Å². The lowest BCUT2D eigenvalue weighted by Crippen LogP contribution is -2.30. The Morgan fingerprint density at radius 1 is 1.04 bits per heavy atom. The molecule has 2 aromatic heterocycles. The van der Waals surface area contributed by atoms with Gasteiger partial charge in [0.2, 0.25) is 5.75 Å². The number of hydrogen-bond acceptors (Lipinski definition) is 6. The van der Waals surface area contributed by atoms with Gasteiger partial charge >= 0.3 is 0 Å². The van der Waals surface area contributed by atoms with Crippen molar-refractivity contribution in [3.8, 4) is 17.2 Å². The van der Waals surface area contributed by atoms with Crippen molar-refractivity contribution >= 4 is 17.2 Å². The van der Waals surface area contributed by atoms with Crippen LogP contribution in [-0.2, 0) is 13.1 Å². The van der Waals surface area contributed by atoms with E-state index in [1.807, 2.05) is 35.0 Å². The lowest BCUT2D eigenvalue weighted by molar-refractivity contribution is 0.0727. The molecule has 0 aliphatic heterocycles. The van der Waals surface area contributed by atoms with Gasteiger partial charge in [-0.25, -0.2) is 0 Å². The van der Waals surface area contributed by atoms with E-state index >= 15 is 0 Å². The number of carbonyl (C=O) groups is 1. The molecule has 2 heterocycles. The van der Waals surface area contributed by atoms with Crippen LogP contribution >= 0.6 is 11.3 Å². The molecular weight excluding hydrogens is 376 g/mol. The summed E-state index contributed by atoms with van der Waals surface area (Å²) in [6, 6.07) is 11.0. The van der Waals surface area contributed by atoms with E-state index in [4.69, 9.17) is 14.2 Å². The molecule has 0 saturated carbocycles. The van der Waals surface area contributed by atoms with E-state index in [2.05, 4.69) is 4.98 Å². The molecule has 0 fully saturated rings. The molecule has 7 heteroatoms. The molecule has 0 aliphatic carbocycles. The molecule has 6 nitrogen and oxygen atoms in total. The number of aromatic nitrogens is 1. The number of benzene rings is 1. The van der Waals surface area contributed by atoms with Gasteiger partial charge in [0.15, 0.2) is 11.5 Å². The summed E-state index contributed by atoms with van der Waals surface area (Å²) in [5.41, 5.74) is 2.35. The Bertz CT molecular complexity index is 888. The molecule has 0 spiro atoms. The van der Waals surface area contributed by atoms with Crippen molar-refractivity contribution in [3.05, 3.63) is 70.2 Å². The maximum absolute atomic E-state index is 13.4. The first-order valence-corrected chi connectivity index (χ1v) is 9.60. The Labute approximate surface area is 168 Å². The predicted octanol–water partition coefficient (Wildman–Crippen LogP) is 4.01. The highest BCUT2D eigenvalue weighted by Gasteiger charge is 2.22. The van der Waals surface area contributed by atoms with E-state index in [1.54, 1.807) is 34.6 Å². The highest BCUT2D eigenvalue weighted by Crippen LogP contribution is 2.38. The van der Waals surface area contributed by atoms with Crippen molar-refractivity contribution in [3.63, 3.8) is 0 Å². The number of ether oxygens (including phenoxy) is 3. The SMILES string of the molecule is COc1cc(C(=O)N(Cc2ccsc2)Cc2ccccn2)cc(OC)c1OC. The zero-order chi connectivity index (χ0) is 19.9. The van der Waals surface area contributed by atoms with Crippen molar-refractivity contribution in [2.45, 2.75) is 13.1 Å². The molecule has 146 valence electrons. The minimum atomic E-state index is -0.142. The number of methoxy groups -OCH3 is 3. The summed E-state index contributed by atoms with van der Waals surface area (Å²) >= 11 is 1.60. The molecule has 0 bridgehead atoms. The van der Waals surface area contributed by atoms with Crippen LogP contribution in [0.4, 0.5) is 0 Å². The standard InChI is InChI=1S/C21H22N2O4S/c1-25-18-10-16(11-19(26-2)20(18)27-3)21(24)23(12-15-7-9-28-14-15)13-17-6-4-5-8-22-17/h4-11,14H,12-13H2,1-3H3. The van der Waals surface area contributed by atoms with Gasteiger partial charge in [0.1, 0.15) is 0 Å². The maximum Gasteiger partial charge on any atom is 0.254 e. The van der Waals surface area contributed by atoms with Gasteiger partial charge < -0.3 is 19.1 Å². The molecule has 28 heavy (non-hydrogen) atoms. The third-order valence-electron chi connectivity index (χ3n) is 4.23. The van der Waals surface area contributed by atoms with Crippen LogP contribution in [-0.4, -0.2) is 37.1 Å². The molecule has 0 N–H and O–H groups in total. The fourth-order valence-corrected chi connectivity index (χ4v) is 3.54. The van der Waals surface area contributed by atoms with Gasteiger partial charge in [-0.2, -0.15) is 11.3 Å². The highest BCUT2D eigenvalue weighted by molar-refractivity contribution is 7.07. The van der Waals surface area contributed by atoms with Gasteiger partial charge in [0, 0.05) is 18.3 Å². The van der Waals surface area contributed by atoms with Gasteiger partial charge in [-0.1, -0.05) is 6.07 Å². The van der Waals surface area contributed by atoms with Crippen molar-refractivity contribution in [2.24, 2.45) is 0 Å². The second-order valence-corrected chi connectivity index (χ2v) is 6.81. The smallest absolute Gasteiger partial charge is 0.254 e. The predicted molar refractivity (Wildman–Crippen MR) is 108 cm³/mol. The maximum atomic E-state index is 13.4. The molecule has 3 aromatic rings. The molecule has 1 amide bonds. The summed E-state index contributed by atoms with van der Waals surface area (Å²) in [5, 5.41) is 4.03. The Balaban J connectivity index is 1.96. The van der Waals surface area contributed by atoms with Crippen LogP contribution in [0.25, 0.3) is 0 Å². The number of thiophene rings is 1. The van der Waals surface area contributed by atoms with Crippen molar-refractivity contribution in [1.82, 2.24) is 9.88 Å². The first kappa shape index (κ1) is 19.7. The zero-order valence-corrected chi connectivity index (χ0v) is 16.9. The summed E-state index contributed by atoms with van der Waals surface area (Å²) in [6.07, 6.45) is 1.72. The average Bonchev–Trinajstić information content (AvgIpc) is 3.25. The van der Waals surface area contributed by atoms with Gasteiger partial charge in [-0.05, 0) is 46.7 Å². The normalized spacial score (nSPS) is 10.4. The van der Waals surface area contributed by atoms with Crippen LogP contribution in [0.3, 0.4) is 0 Å². The van der Waals surface area contributed by atoms with Crippen LogP contribution in [0.5, 0.6) is 17.2 Å². The number of rotatable bonds is 8. The van der Waals surface area contributed by atoms with E-state index in [1.165, 1.54) is 21.3 Å². The van der Waals surface area contributed by atoms with Crippen LogP contribution in [0.1, 0.15) is 21.6 Å². The quantitative estimate of drug-likeness (QED) is 0.574. The Morgan fingerprint density at radius 2 is 1.79 bits per heavy atom. The summed E-state index contributed by atoms with van der Waals surface area (Å²) in [7, 11) is 4.59. The largest absolute Gasteiger partial charge is 0.493 e. The Hall–Kier alpha value is -3.06. The minimum absolute atomic E-state index is 0.142. The van der Waals surface area contributed by atoms with Gasteiger partial charge in [-0.3, -0.25) is 9.78 Å². The summed E-state index contributed by atoms with van der Waals surface area (Å²) in [4.78, 5) is 19.5.